The van der Waals surface area contributed by atoms with Gasteiger partial charge in [0.15, 0.2) is 0 Å². The molecular weight excluding hydrogens is 496 g/mol. The molecule has 0 saturated carbocycles. The Balaban J connectivity index is 1.35. The molecular formula is C39H24N2+2. The third kappa shape index (κ3) is 1.89. The van der Waals surface area contributed by atoms with Gasteiger partial charge in [-0.1, -0.05) is 72.8 Å². The van der Waals surface area contributed by atoms with E-state index in [9.17, 15) is 0 Å². The number of rotatable bonds is 0. The van der Waals surface area contributed by atoms with Gasteiger partial charge in [0.25, 0.3) is 11.4 Å². The molecule has 0 N–H and O–H groups in total. The molecule has 0 fully saturated rings. The van der Waals surface area contributed by atoms with Gasteiger partial charge in [-0.05, 0) is 80.6 Å². The average Bonchev–Trinajstić information content (AvgIpc) is 3.52. The Hall–Kier alpha value is -4.82. The van der Waals surface area contributed by atoms with E-state index >= 15 is 0 Å². The molecule has 41 heavy (non-hydrogen) atoms. The van der Waals surface area contributed by atoms with Crippen LogP contribution in [0.15, 0.2) is 109 Å². The number of hydrogen-bond donors (Lipinski definition) is 0. The van der Waals surface area contributed by atoms with Crippen molar-refractivity contribution in [1.29, 1.82) is 0 Å². The summed E-state index contributed by atoms with van der Waals surface area (Å²) in [6.07, 6.45) is 2.01. The Labute approximate surface area is 237 Å². The van der Waals surface area contributed by atoms with Crippen molar-refractivity contribution in [2.45, 2.75) is 30.3 Å². The van der Waals surface area contributed by atoms with Gasteiger partial charge >= 0.3 is 5.66 Å². The van der Waals surface area contributed by atoms with Crippen LogP contribution in [0.1, 0.15) is 78.9 Å². The highest BCUT2D eigenvalue weighted by molar-refractivity contribution is 5.84. The molecule has 1 spiro atoms. The number of nitrogens with zero attached hydrogens (tertiary/aromatic N) is 2. The summed E-state index contributed by atoms with van der Waals surface area (Å²) in [6.45, 7) is 0. The number of pyridine rings is 2. The SMILES string of the molecule is c1ccc2c(c1)Cc1ccc3c4c1C2c1cccc2[n+]1C41c4c(ccc5c4C(c4ccccc4-5)c4cccc-2[n+]41)C3. The van der Waals surface area contributed by atoms with Crippen LogP contribution >= 0.6 is 0 Å². The topological polar surface area (TPSA) is 7.76 Å². The maximum Gasteiger partial charge on any atom is 0.417 e. The van der Waals surface area contributed by atoms with E-state index in [1.54, 1.807) is 22.3 Å². The van der Waals surface area contributed by atoms with Gasteiger partial charge in [0, 0.05) is 24.3 Å². The molecule has 188 valence electrons. The van der Waals surface area contributed by atoms with Crippen LogP contribution in [0.3, 0.4) is 0 Å². The van der Waals surface area contributed by atoms with Crippen molar-refractivity contribution in [1.82, 2.24) is 0 Å². The van der Waals surface area contributed by atoms with E-state index < -0.39 is 5.66 Å². The molecule has 12 rings (SSSR count). The molecule has 0 radical (unpaired) electrons. The molecule has 6 aromatic rings. The minimum atomic E-state index is -0.390. The first-order valence-electron chi connectivity index (χ1n) is 15.0. The van der Waals surface area contributed by atoms with Crippen LogP contribution in [0, 0.1) is 0 Å². The van der Waals surface area contributed by atoms with Gasteiger partial charge in [0.1, 0.15) is 11.1 Å². The van der Waals surface area contributed by atoms with Crippen molar-refractivity contribution in [3.05, 3.63) is 176 Å². The van der Waals surface area contributed by atoms with Gasteiger partial charge in [-0.3, -0.25) is 0 Å². The molecule has 0 saturated heterocycles. The van der Waals surface area contributed by atoms with Crippen molar-refractivity contribution < 1.29 is 9.13 Å². The standard InChI is InChI=1S/C39H24N2/c1-2-8-25-21(7-1)19-22-15-16-23-20-24-17-18-28-26-9-3-4-10-27(26)35-32-14-6-12-30-29-11-5-13-31-34(25)33(22)37(23)39(40(29)31,41(30)32)38(24)36(28)35/h1-18,34-35H,19-20H2/q+2. The van der Waals surface area contributed by atoms with Crippen LogP contribution in [-0.2, 0) is 18.5 Å². The fourth-order valence-corrected chi connectivity index (χ4v) is 10.1. The van der Waals surface area contributed by atoms with Crippen molar-refractivity contribution in [3.63, 3.8) is 0 Å². The lowest BCUT2D eigenvalue weighted by Crippen LogP contribution is -2.77. The first-order chi connectivity index (χ1) is 20.4. The minimum Gasteiger partial charge on any atom is -0.116 e. The van der Waals surface area contributed by atoms with E-state index in [0.717, 1.165) is 12.8 Å². The van der Waals surface area contributed by atoms with Crippen molar-refractivity contribution in [2.24, 2.45) is 0 Å². The zero-order chi connectivity index (χ0) is 26.2. The summed E-state index contributed by atoms with van der Waals surface area (Å²) in [5, 5.41) is 0. The number of fused-ring (bicyclic) bond motifs is 8. The summed E-state index contributed by atoms with van der Waals surface area (Å²) in [7, 11) is 0. The maximum absolute atomic E-state index is 2.78. The maximum atomic E-state index is 2.78. The fraction of sp³-hybridized carbons (Fsp3) is 0.128. The van der Waals surface area contributed by atoms with Crippen LogP contribution in [-0.4, -0.2) is 0 Å². The highest BCUT2D eigenvalue weighted by atomic mass is 15.4. The zero-order valence-electron chi connectivity index (χ0n) is 22.4. The molecule has 2 heteroatoms. The van der Waals surface area contributed by atoms with E-state index in [4.69, 9.17) is 0 Å². The Morgan fingerprint density at radius 3 is 1.88 bits per heavy atom. The molecule has 3 atom stereocenters. The van der Waals surface area contributed by atoms with Crippen LogP contribution in [0.4, 0.5) is 0 Å². The van der Waals surface area contributed by atoms with E-state index in [-0.39, 0.29) is 11.8 Å². The van der Waals surface area contributed by atoms with Crippen LogP contribution in [0.2, 0.25) is 0 Å². The predicted octanol–water partition coefficient (Wildman–Crippen LogP) is 6.32. The predicted molar refractivity (Wildman–Crippen MR) is 156 cm³/mol. The minimum absolute atomic E-state index is 0.252. The van der Waals surface area contributed by atoms with Gasteiger partial charge in [0.2, 0.25) is 11.4 Å². The quantitative estimate of drug-likeness (QED) is 0.207. The summed E-state index contributed by atoms with van der Waals surface area (Å²) in [5.74, 6) is 0.515. The third-order valence-corrected chi connectivity index (χ3v) is 11.3. The molecule has 3 aliphatic carbocycles. The highest BCUT2D eigenvalue weighted by Gasteiger charge is 2.74. The third-order valence-electron chi connectivity index (χ3n) is 11.3. The molecule has 2 aromatic heterocycles. The lowest BCUT2D eigenvalue weighted by atomic mass is 9.62. The lowest BCUT2D eigenvalue weighted by molar-refractivity contribution is -0.947. The molecule has 4 aromatic carbocycles. The molecule has 0 bridgehead atoms. The summed E-state index contributed by atoms with van der Waals surface area (Å²) in [4.78, 5) is 0. The van der Waals surface area contributed by atoms with Gasteiger partial charge in [-0.25, -0.2) is 0 Å². The van der Waals surface area contributed by atoms with Gasteiger partial charge in [0.05, 0.1) is 11.8 Å². The van der Waals surface area contributed by atoms with Crippen molar-refractivity contribution in [2.75, 3.05) is 0 Å². The Kier molecular flexibility index (Phi) is 3.06. The van der Waals surface area contributed by atoms with Crippen molar-refractivity contribution in [3.8, 4) is 22.5 Å². The largest absolute Gasteiger partial charge is 0.417 e. The normalized spacial score (nSPS) is 22.5. The van der Waals surface area contributed by atoms with E-state index in [1.165, 1.54) is 67.3 Å². The van der Waals surface area contributed by atoms with Crippen molar-refractivity contribution >= 4 is 0 Å². The van der Waals surface area contributed by atoms with Crippen LogP contribution < -0.4 is 9.13 Å². The van der Waals surface area contributed by atoms with Gasteiger partial charge < -0.3 is 0 Å². The van der Waals surface area contributed by atoms with Gasteiger partial charge in [-0.2, -0.15) is 0 Å². The highest BCUT2D eigenvalue weighted by Crippen LogP contribution is 2.61. The molecule has 0 amide bonds. The summed E-state index contributed by atoms with van der Waals surface area (Å²) in [5.41, 5.74) is 23.1. The molecule has 5 heterocycles. The Morgan fingerprint density at radius 1 is 0.463 bits per heavy atom. The van der Waals surface area contributed by atoms with Gasteiger partial charge in [-0.15, -0.1) is 9.13 Å². The Morgan fingerprint density at radius 2 is 1.07 bits per heavy atom. The smallest absolute Gasteiger partial charge is 0.116 e. The number of benzene rings is 4. The summed E-state index contributed by atoms with van der Waals surface area (Å²) >= 11 is 0. The second kappa shape index (κ2) is 6.24. The average molecular weight is 521 g/mol. The lowest BCUT2D eigenvalue weighted by Gasteiger charge is -2.43. The fourth-order valence-electron chi connectivity index (χ4n) is 10.1. The van der Waals surface area contributed by atoms with Crippen LogP contribution in [0.5, 0.6) is 0 Å². The monoisotopic (exact) mass is 520 g/mol. The molecule has 2 nitrogen and oxygen atoms in total. The summed E-state index contributed by atoms with van der Waals surface area (Å²) in [6, 6.07) is 42.4. The van der Waals surface area contributed by atoms with E-state index in [1.807, 2.05) is 0 Å². The number of aromatic nitrogens is 2. The molecule has 3 unspecified atom stereocenters. The van der Waals surface area contributed by atoms with E-state index in [0.29, 0.717) is 0 Å². The second-order valence-electron chi connectivity index (χ2n) is 12.8. The Bertz CT molecular complexity index is 2290. The first-order valence-corrected chi connectivity index (χ1v) is 15.0. The second-order valence-corrected chi connectivity index (χ2v) is 12.8. The molecule has 6 aliphatic rings. The number of hydrogen-bond acceptors (Lipinski definition) is 0. The first kappa shape index (κ1) is 20.1. The molecule has 3 aliphatic heterocycles. The zero-order valence-corrected chi connectivity index (χ0v) is 22.4. The van der Waals surface area contributed by atoms with E-state index in [2.05, 4.69) is 118 Å². The summed E-state index contributed by atoms with van der Waals surface area (Å²) < 4.78 is 5.56. The van der Waals surface area contributed by atoms with Crippen LogP contribution in [0.25, 0.3) is 22.5 Å².